The van der Waals surface area contributed by atoms with Crippen LogP contribution in [0.1, 0.15) is 28.8 Å². The normalized spacial score (nSPS) is 19.7. The van der Waals surface area contributed by atoms with Crippen LogP contribution in [0.5, 0.6) is 5.75 Å². The molecule has 0 N–H and O–H groups in total. The van der Waals surface area contributed by atoms with Crippen LogP contribution < -0.4 is 4.74 Å². The van der Waals surface area contributed by atoms with Crippen molar-refractivity contribution in [2.75, 3.05) is 20.2 Å². The fourth-order valence-corrected chi connectivity index (χ4v) is 2.92. The van der Waals surface area contributed by atoms with Crippen molar-refractivity contribution in [3.8, 4) is 5.75 Å². The first-order valence-corrected chi connectivity index (χ1v) is 7.11. The highest BCUT2D eigenvalue weighted by atomic mass is 79.9. The monoisotopic (exact) mass is 311 g/mol. The lowest BCUT2D eigenvalue weighted by molar-refractivity contribution is 0.0729. The number of halogens is 1. The van der Waals surface area contributed by atoms with E-state index in [1.807, 2.05) is 30.0 Å². The van der Waals surface area contributed by atoms with Crippen molar-refractivity contribution in [1.29, 1.82) is 0 Å². The number of methoxy groups -OCH3 is 1. The number of likely N-dealkylation sites (tertiary alicyclic amines) is 1. The smallest absolute Gasteiger partial charge is 0.254 e. The topological polar surface area (TPSA) is 29.5 Å². The quantitative estimate of drug-likeness (QED) is 0.786. The van der Waals surface area contributed by atoms with Crippen LogP contribution in [0.25, 0.3) is 0 Å². The Balaban J connectivity index is 2.17. The van der Waals surface area contributed by atoms with Gasteiger partial charge in [-0.2, -0.15) is 0 Å². The minimum atomic E-state index is 0.0949. The summed E-state index contributed by atoms with van der Waals surface area (Å²) in [6, 6.07) is 5.63. The van der Waals surface area contributed by atoms with Gasteiger partial charge < -0.3 is 9.64 Å². The van der Waals surface area contributed by atoms with Crippen molar-refractivity contribution in [1.82, 2.24) is 4.90 Å². The van der Waals surface area contributed by atoms with E-state index in [1.54, 1.807) is 7.11 Å². The predicted molar refractivity (Wildman–Crippen MR) is 75.6 cm³/mol. The third-order valence-corrected chi connectivity index (χ3v) is 4.05. The third kappa shape index (κ3) is 2.86. The summed E-state index contributed by atoms with van der Waals surface area (Å²) in [5, 5.41) is 0. The van der Waals surface area contributed by atoms with E-state index in [4.69, 9.17) is 4.74 Å². The molecule has 1 aromatic rings. The number of ether oxygens (including phenoxy) is 1. The number of rotatable bonds is 2. The van der Waals surface area contributed by atoms with Gasteiger partial charge in [-0.25, -0.2) is 0 Å². The first-order chi connectivity index (χ1) is 8.61. The second-order valence-corrected chi connectivity index (χ2v) is 5.97. The van der Waals surface area contributed by atoms with Gasteiger partial charge in [-0.15, -0.1) is 0 Å². The lowest BCUT2D eigenvalue weighted by Gasteiger charge is -2.30. The third-order valence-electron chi connectivity index (χ3n) is 3.31. The number of carbonyl (C=O) groups is 1. The highest BCUT2D eigenvalue weighted by molar-refractivity contribution is 9.09. The fourth-order valence-electron chi connectivity index (χ4n) is 2.25. The van der Waals surface area contributed by atoms with Crippen LogP contribution >= 0.6 is 15.9 Å². The van der Waals surface area contributed by atoms with Gasteiger partial charge in [0.15, 0.2) is 0 Å². The number of alkyl halides is 1. The number of nitrogens with zero attached hydrogens (tertiary/aromatic N) is 1. The zero-order valence-electron chi connectivity index (χ0n) is 10.8. The van der Waals surface area contributed by atoms with Crippen molar-refractivity contribution in [3.63, 3.8) is 0 Å². The lowest BCUT2D eigenvalue weighted by atomic mass is 10.1. The SMILES string of the molecule is COc1cc(C(=O)N2CCCC(Br)C2)ccc1C. The summed E-state index contributed by atoms with van der Waals surface area (Å²) >= 11 is 3.59. The summed E-state index contributed by atoms with van der Waals surface area (Å²) in [6.07, 6.45) is 2.20. The van der Waals surface area contributed by atoms with E-state index in [2.05, 4.69) is 15.9 Å². The Hall–Kier alpha value is -1.03. The first-order valence-electron chi connectivity index (χ1n) is 6.20. The van der Waals surface area contributed by atoms with E-state index in [0.717, 1.165) is 37.2 Å². The molecule has 1 aliphatic heterocycles. The van der Waals surface area contributed by atoms with Crippen LogP contribution in [-0.2, 0) is 0 Å². The Morgan fingerprint density at radius 2 is 2.28 bits per heavy atom. The van der Waals surface area contributed by atoms with E-state index in [-0.39, 0.29) is 5.91 Å². The Labute approximate surface area is 116 Å². The van der Waals surface area contributed by atoms with E-state index < -0.39 is 0 Å². The van der Waals surface area contributed by atoms with Gasteiger partial charge in [-0.05, 0) is 37.5 Å². The second-order valence-electron chi connectivity index (χ2n) is 4.68. The van der Waals surface area contributed by atoms with Crippen LogP contribution in [0, 0.1) is 6.92 Å². The first kappa shape index (κ1) is 13.4. The van der Waals surface area contributed by atoms with Gasteiger partial charge in [0.25, 0.3) is 5.91 Å². The van der Waals surface area contributed by atoms with Crippen molar-refractivity contribution < 1.29 is 9.53 Å². The molecule has 1 atom stereocenters. The standard InChI is InChI=1S/C14H18BrNO2/c1-10-5-6-11(8-13(10)18-2)14(17)16-7-3-4-12(15)9-16/h5-6,8,12H,3-4,7,9H2,1-2H3. The molecule has 98 valence electrons. The number of hydrogen-bond donors (Lipinski definition) is 0. The zero-order valence-corrected chi connectivity index (χ0v) is 12.4. The number of aryl methyl sites for hydroxylation is 1. The Kier molecular flexibility index (Phi) is 4.27. The van der Waals surface area contributed by atoms with Crippen molar-refractivity contribution >= 4 is 21.8 Å². The largest absolute Gasteiger partial charge is 0.496 e. The molecule has 1 aromatic carbocycles. The Bertz CT molecular complexity index is 447. The van der Waals surface area contributed by atoms with Gasteiger partial charge in [0.05, 0.1) is 7.11 Å². The second kappa shape index (κ2) is 5.74. The van der Waals surface area contributed by atoms with E-state index >= 15 is 0 Å². The predicted octanol–water partition coefficient (Wildman–Crippen LogP) is 3.00. The number of hydrogen-bond acceptors (Lipinski definition) is 2. The minimum absolute atomic E-state index is 0.0949. The van der Waals surface area contributed by atoms with Crippen molar-refractivity contribution in [2.45, 2.75) is 24.6 Å². The molecule has 1 unspecified atom stereocenters. The average molecular weight is 312 g/mol. The summed E-state index contributed by atoms with van der Waals surface area (Å²) < 4.78 is 5.26. The minimum Gasteiger partial charge on any atom is -0.496 e. The van der Waals surface area contributed by atoms with Gasteiger partial charge in [0.1, 0.15) is 5.75 Å². The fraction of sp³-hybridized carbons (Fsp3) is 0.500. The summed E-state index contributed by atoms with van der Waals surface area (Å²) in [6.45, 7) is 3.61. The average Bonchev–Trinajstić information content (AvgIpc) is 2.38. The molecule has 0 aromatic heterocycles. The highest BCUT2D eigenvalue weighted by Gasteiger charge is 2.23. The number of piperidine rings is 1. The van der Waals surface area contributed by atoms with Crippen molar-refractivity contribution in [3.05, 3.63) is 29.3 Å². The molecule has 18 heavy (non-hydrogen) atoms. The molecule has 1 fully saturated rings. The molecule has 1 amide bonds. The molecule has 1 saturated heterocycles. The van der Waals surface area contributed by atoms with Crippen LogP contribution in [-0.4, -0.2) is 35.8 Å². The summed E-state index contributed by atoms with van der Waals surface area (Å²) in [5.41, 5.74) is 1.75. The van der Waals surface area contributed by atoms with Crippen LogP contribution in [0.3, 0.4) is 0 Å². The molecule has 0 radical (unpaired) electrons. The van der Waals surface area contributed by atoms with Gasteiger partial charge >= 0.3 is 0 Å². The van der Waals surface area contributed by atoms with Crippen LogP contribution in [0.4, 0.5) is 0 Å². The van der Waals surface area contributed by atoms with E-state index in [0.29, 0.717) is 10.4 Å². The van der Waals surface area contributed by atoms with Crippen LogP contribution in [0.15, 0.2) is 18.2 Å². The molecular weight excluding hydrogens is 294 g/mol. The Morgan fingerprint density at radius 3 is 2.94 bits per heavy atom. The maximum absolute atomic E-state index is 12.4. The zero-order chi connectivity index (χ0) is 13.1. The van der Waals surface area contributed by atoms with Gasteiger partial charge in [-0.3, -0.25) is 4.79 Å². The highest BCUT2D eigenvalue weighted by Crippen LogP contribution is 2.22. The molecule has 4 heteroatoms. The van der Waals surface area contributed by atoms with Gasteiger partial charge in [0.2, 0.25) is 0 Å². The summed E-state index contributed by atoms with van der Waals surface area (Å²) in [4.78, 5) is 14.7. The summed E-state index contributed by atoms with van der Waals surface area (Å²) in [5.74, 6) is 0.866. The molecule has 3 nitrogen and oxygen atoms in total. The van der Waals surface area contributed by atoms with Gasteiger partial charge in [0, 0.05) is 23.5 Å². The molecule has 1 heterocycles. The van der Waals surface area contributed by atoms with E-state index in [1.165, 1.54) is 0 Å². The molecule has 2 rings (SSSR count). The summed E-state index contributed by atoms with van der Waals surface area (Å²) in [7, 11) is 1.63. The number of benzene rings is 1. The molecule has 0 saturated carbocycles. The molecular formula is C14H18BrNO2. The Morgan fingerprint density at radius 1 is 1.50 bits per heavy atom. The molecule has 0 bridgehead atoms. The molecule has 0 aliphatic carbocycles. The maximum atomic E-state index is 12.4. The molecule has 1 aliphatic rings. The lowest BCUT2D eigenvalue weighted by Crippen LogP contribution is -2.40. The maximum Gasteiger partial charge on any atom is 0.254 e. The van der Waals surface area contributed by atoms with Crippen molar-refractivity contribution in [2.24, 2.45) is 0 Å². The molecule has 0 spiro atoms. The number of carbonyl (C=O) groups excluding carboxylic acids is 1. The van der Waals surface area contributed by atoms with E-state index in [9.17, 15) is 4.79 Å². The number of amides is 1. The van der Waals surface area contributed by atoms with Gasteiger partial charge in [-0.1, -0.05) is 22.0 Å². The van der Waals surface area contributed by atoms with Crippen LogP contribution in [0.2, 0.25) is 0 Å².